The molecule has 27 heavy (non-hydrogen) atoms. The average Bonchev–Trinajstić information content (AvgIpc) is 3.13. The topological polar surface area (TPSA) is 21.6 Å². The molecule has 0 radical (unpaired) electrons. The van der Waals surface area contributed by atoms with Gasteiger partial charge in [-0.3, -0.25) is 4.99 Å². The zero-order chi connectivity index (χ0) is 19.6. The molecule has 2 atom stereocenters. The van der Waals surface area contributed by atoms with Crippen LogP contribution in [-0.4, -0.2) is 18.9 Å². The first-order chi connectivity index (χ1) is 12.9. The molecule has 2 nitrogen and oxygen atoms in total. The largest absolute Gasteiger partial charge is 0.497 e. The van der Waals surface area contributed by atoms with Crippen LogP contribution in [0.5, 0.6) is 5.75 Å². The summed E-state index contributed by atoms with van der Waals surface area (Å²) in [7, 11) is 1.72. The molecule has 0 aliphatic carbocycles. The molecule has 3 rings (SSSR count). The predicted octanol–water partition coefficient (Wildman–Crippen LogP) is 6.21. The Bertz CT molecular complexity index is 828. The molecule has 2 heteroatoms. The van der Waals surface area contributed by atoms with Crippen molar-refractivity contribution in [3.05, 3.63) is 64.7 Å². The molecule has 144 valence electrons. The Balaban J connectivity index is 2.05. The second-order valence-electron chi connectivity index (χ2n) is 8.62. The summed E-state index contributed by atoms with van der Waals surface area (Å²) < 4.78 is 5.43. The summed E-state index contributed by atoms with van der Waals surface area (Å²) in [5.41, 5.74) is 7.04. The van der Waals surface area contributed by atoms with Gasteiger partial charge in [-0.1, -0.05) is 65.0 Å². The van der Waals surface area contributed by atoms with Gasteiger partial charge in [0.05, 0.1) is 13.2 Å². The molecule has 0 saturated heterocycles. The molecule has 2 aromatic rings. The monoisotopic (exact) mass is 363 g/mol. The molecule has 1 aliphatic heterocycles. The SMILES string of the molecule is CCc1cccc(C2CC(c3cccc(OC)c3)=NC2C(C)(C)C)c1CC. The van der Waals surface area contributed by atoms with E-state index in [1.165, 1.54) is 28.0 Å². The van der Waals surface area contributed by atoms with Crippen molar-refractivity contribution in [2.45, 2.75) is 65.8 Å². The van der Waals surface area contributed by atoms with E-state index in [4.69, 9.17) is 9.73 Å². The maximum Gasteiger partial charge on any atom is 0.119 e. The van der Waals surface area contributed by atoms with Gasteiger partial charge in [0, 0.05) is 11.6 Å². The highest BCUT2D eigenvalue weighted by Gasteiger charge is 2.39. The summed E-state index contributed by atoms with van der Waals surface area (Å²) in [4.78, 5) is 5.25. The number of hydrogen-bond donors (Lipinski definition) is 0. The van der Waals surface area contributed by atoms with Gasteiger partial charge in [-0.05, 0) is 59.1 Å². The van der Waals surface area contributed by atoms with Crippen LogP contribution in [0.3, 0.4) is 0 Å². The minimum Gasteiger partial charge on any atom is -0.497 e. The lowest BCUT2D eigenvalue weighted by molar-refractivity contribution is 0.296. The van der Waals surface area contributed by atoms with Crippen molar-refractivity contribution < 1.29 is 4.74 Å². The van der Waals surface area contributed by atoms with E-state index >= 15 is 0 Å². The van der Waals surface area contributed by atoms with Gasteiger partial charge < -0.3 is 4.74 Å². The Labute approximate surface area is 164 Å². The molecular formula is C25H33NO. The highest BCUT2D eigenvalue weighted by molar-refractivity contribution is 6.03. The summed E-state index contributed by atoms with van der Waals surface area (Å²) in [6, 6.07) is 15.5. The minimum absolute atomic E-state index is 0.124. The standard InChI is InChI=1S/C25H33NO/c1-7-17-11-10-14-21(20(17)8-2)22-16-23(26-24(22)25(3,4)5)18-12-9-13-19(15-18)27-6/h9-15,22,24H,7-8,16H2,1-6H3. The molecule has 0 aromatic heterocycles. The van der Waals surface area contributed by atoms with Crippen LogP contribution in [0.2, 0.25) is 0 Å². The number of nitrogens with zero attached hydrogens (tertiary/aromatic N) is 1. The molecular weight excluding hydrogens is 330 g/mol. The molecule has 0 saturated carbocycles. The van der Waals surface area contributed by atoms with Crippen LogP contribution in [0, 0.1) is 5.41 Å². The van der Waals surface area contributed by atoms with Crippen LogP contribution >= 0.6 is 0 Å². The highest BCUT2D eigenvalue weighted by Crippen LogP contribution is 2.44. The van der Waals surface area contributed by atoms with E-state index in [2.05, 4.69) is 71.0 Å². The van der Waals surface area contributed by atoms with Crippen molar-refractivity contribution in [2.24, 2.45) is 10.4 Å². The average molecular weight is 364 g/mol. The summed E-state index contributed by atoms with van der Waals surface area (Å²) >= 11 is 0. The van der Waals surface area contributed by atoms with Crippen LogP contribution in [0.15, 0.2) is 47.5 Å². The van der Waals surface area contributed by atoms with Crippen LogP contribution in [-0.2, 0) is 12.8 Å². The molecule has 2 aromatic carbocycles. The summed E-state index contributed by atoms with van der Waals surface area (Å²) in [5, 5.41) is 0. The number of rotatable bonds is 5. The van der Waals surface area contributed by atoms with Gasteiger partial charge in [0.15, 0.2) is 0 Å². The van der Waals surface area contributed by atoms with Gasteiger partial charge >= 0.3 is 0 Å². The number of aryl methyl sites for hydroxylation is 1. The lowest BCUT2D eigenvalue weighted by Crippen LogP contribution is -2.28. The zero-order valence-electron chi connectivity index (χ0n) is 17.7. The van der Waals surface area contributed by atoms with Gasteiger partial charge in [0.1, 0.15) is 5.75 Å². The zero-order valence-corrected chi connectivity index (χ0v) is 17.7. The Hall–Kier alpha value is -2.09. The molecule has 0 N–H and O–H groups in total. The first kappa shape index (κ1) is 19.7. The summed E-state index contributed by atoms with van der Waals surface area (Å²) in [6.07, 6.45) is 3.17. The van der Waals surface area contributed by atoms with E-state index in [9.17, 15) is 0 Å². The van der Waals surface area contributed by atoms with Crippen molar-refractivity contribution in [1.29, 1.82) is 0 Å². The number of hydrogen-bond acceptors (Lipinski definition) is 2. The maximum atomic E-state index is 5.43. The van der Waals surface area contributed by atoms with E-state index in [1.807, 2.05) is 6.07 Å². The van der Waals surface area contributed by atoms with Crippen molar-refractivity contribution in [1.82, 2.24) is 0 Å². The smallest absolute Gasteiger partial charge is 0.119 e. The third-order valence-electron chi connectivity index (χ3n) is 5.82. The predicted molar refractivity (Wildman–Crippen MR) is 115 cm³/mol. The summed E-state index contributed by atoms with van der Waals surface area (Å²) in [5.74, 6) is 1.33. The fourth-order valence-corrected chi connectivity index (χ4v) is 4.47. The summed E-state index contributed by atoms with van der Waals surface area (Å²) in [6.45, 7) is 11.5. The Morgan fingerprint density at radius 1 is 1.04 bits per heavy atom. The Morgan fingerprint density at radius 3 is 2.41 bits per heavy atom. The molecule has 0 bridgehead atoms. The van der Waals surface area contributed by atoms with E-state index in [-0.39, 0.29) is 11.5 Å². The van der Waals surface area contributed by atoms with Gasteiger partial charge in [0.2, 0.25) is 0 Å². The van der Waals surface area contributed by atoms with Crippen molar-refractivity contribution in [2.75, 3.05) is 7.11 Å². The molecule has 0 fully saturated rings. The molecule has 0 amide bonds. The quantitative estimate of drug-likeness (QED) is 0.619. The minimum atomic E-state index is 0.124. The molecule has 1 heterocycles. The lowest BCUT2D eigenvalue weighted by Gasteiger charge is -2.32. The first-order valence-electron chi connectivity index (χ1n) is 10.2. The first-order valence-corrected chi connectivity index (χ1v) is 10.2. The van der Waals surface area contributed by atoms with Crippen LogP contribution in [0.1, 0.15) is 69.2 Å². The fourth-order valence-electron chi connectivity index (χ4n) is 4.47. The molecule has 2 unspecified atom stereocenters. The number of aliphatic imine (C=N–C) groups is 1. The van der Waals surface area contributed by atoms with Crippen molar-refractivity contribution in [3.63, 3.8) is 0 Å². The van der Waals surface area contributed by atoms with Gasteiger partial charge in [-0.15, -0.1) is 0 Å². The lowest BCUT2D eigenvalue weighted by atomic mass is 9.74. The third-order valence-corrected chi connectivity index (χ3v) is 5.82. The fraction of sp³-hybridized carbons (Fsp3) is 0.480. The van der Waals surface area contributed by atoms with E-state index < -0.39 is 0 Å². The van der Waals surface area contributed by atoms with Gasteiger partial charge in [-0.2, -0.15) is 0 Å². The molecule has 1 aliphatic rings. The number of benzene rings is 2. The van der Waals surface area contributed by atoms with E-state index in [1.54, 1.807) is 7.11 Å². The number of ether oxygens (including phenoxy) is 1. The second-order valence-corrected chi connectivity index (χ2v) is 8.62. The maximum absolute atomic E-state index is 5.43. The highest BCUT2D eigenvalue weighted by atomic mass is 16.5. The van der Waals surface area contributed by atoms with Gasteiger partial charge in [-0.25, -0.2) is 0 Å². The van der Waals surface area contributed by atoms with E-state index in [0.717, 1.165) is 25.0 Å². The Morgan fingerprint density at radius 2 is 1.78 bits per heavy atom. The Kier molecular flexibility index (Phi) is 5.74. The van der Waals surface area contributed by atoms with Crippen molar-refractivity contribution >= 4 is 5.71 Å². The van der Waals surface area contributed by atoms with E-state index in [0.29, 0.717) is 5.92 Å². The molecule has 0 spiro atoms. The van der Waals surface area contributed by atoms with Crippen LogP contribution < -0.4 is 4.74 Å². The van der Waals surface area contributed by atoms with Crippen molar-refractivity contribution in [3.8, 4) is 5.75 Å². The second kappa shape index (κ2) is 7.88. The number of methoxy groups -OCH3 is 1. The van der Waals surface area contributed by atoms with Gasteiger partial charge in [0.25, 0.3) is 0 Å². The van der Waals surface area contributed by atoms with Crippen LogP contribution in [0.25, 0.3) is 0 Å². The van der Waals surface area contributed by atoms with Crippen LogP contribution in [0.4, 0.5) is 0 Å². The third kappa shape index (κ3) is 3.95. The normalized spacial score (nSPS) is 19.9.